The second-order valence-electron chi connectivity index (χ2n) is 6.95. The Morgan fingerprint density at radius 1 is 1.03 bits per heavy atom. The predicted octanol–water partition coefficient (Wildman–Crippen LogP) is 4.73. The fourth-order valence-electron chi connectivity index (χ4n) is 2.89. The first-order chi connectivity index (χ1) is 13.8. The standard InChI is InChI=1S/C22H22F2N4O/c1-14(2)28(13-16-7-5-4-6-8-16)21-12-20(25-15(3)26-21)22(29)27-17-9-10-18(23)19(24)11-17/h4-12,14H,13H2,1-3H3,(H,27,29). The molecule has 7 heteroatoms. The Kier molecular flexibility index (Phi) is 6.16. The van der Waals surface area contributed by atoms with Gasteiger partial charge in [-0.05, 0) is 38.5 Å². The number of aromatic nitrogens is 2. The van der Waals surface area contributed by atoms with Crippen LogP contribution in [0.4, 0.5) is 20.3 Å². The average molecular weight is 396 g/mol. The van der Waals surface area contributed by atoms with Crippen LogP contribution in [0, 0.1) is 18.6 Å². The molecule has 29 heavy (non-hydrogen) atoms. The Balaban J connectivity index is 1.87. The Morgan fingerprint density at radius 2 is 1.76 bits per heavy atom. The van der Waals surface area contributed by atoms with Crippen molar-refractivity contribution >= 4 is 17.4 Å². The maximum atomic E-state index is 13.4. The predicted molar refractivity (Wildman–Crippen MR) is 109 cm³/mol. The number of nitrogens with one attached hydrogen (secondary N) is 1. The lowest BCUT2D eigenvalue weighted by Gasteiger charge is -2.28. The molecule has 3 rings (SSSR count). The van der Waals surface area contributed by atoms with Crippen molar-refractivity contribution in [3.05, 3.63) is 83.3 Å². The van der Waals surface area contributed by atoms with Crippen LogP contribution in [-0.4, -0.2) is 21.9 Å². The number of halogens is 2. The average Bonchev–Trinajstić information content (AvgIpc) is 2.69. The van der Waals surface area contributed by atoms with Gasteiger partial charge in [-0.2, -0.15) is 0 Å². The zero-order chi connectivity index (χ0) is 21.0. The summed E-state index contributed by atoms with van der Waals surface area (Å²) in [5, 5.41) is 2.54. The minimum absolute atomic E-state index is 0.131. The molecule has 150 valence electrons. The monoisotopic (exact) mass is 396 g/mol. The number of carbonyl (C=O) groups excluding carboxylic acids is 1. The van der Waals surface area contributed by atoms with E-state index in [-0.39, 0.29) is 17.4 Å². The van der Waals surface area contributed by atoms with Gasteiger partial charge in [-0.15, -0.1) is 0 Å². The largest absolute Gasteiger partial charge is 0.350 e. The minimum Gasteiger partial charge on any atom is -0.350 e. The van der Waals surface area contributed by atoms with E-state index in [1.165, 1.54) is 6.07 Å². The van der Waals surface area contributed by atoms with Crippen molar-refractivity contribution in [3.8, 4) is 0 Å². The van der Waals surface area contributed by atoms with Gasteiger partial charge in [0.05, 0.1) is 0 Å². The maximum Gasteiger partial charge on any atom is 0.274 e. The number of hydrogen-bond donors (Lipinski definition) is 1. The zero-order valence-electron chi connectivity index (χ0n) is 16.5. The second kappa shape index (κ2) is 8.77. The van der Waals surface area contributed by atoms with Gasteiger partial charge >= 0.3 is 0 Å². The number of aryl methyl sites for hydroxylation is 1. The van der Waals surface area contributed by atoms with E-state index < -0.39 is 17.5 Å². The molecule has 0 fully saturated rings. The fraction of sp³-hybridized carbons (Fsp3) is 0.227. The van der Waals surface area contributed by atoms with E-state index in [1.807, 2.05) is 44.2 Å². The first-order valence-corrected chi connectivity index (χ1v) is 9.26. The van der Waals surface area contributed by atoms with Crippen molar-refractivity contribution in [2.45, 2.75) is 33.4 Å². The van der Waals surface area contributed by atoms with Crippen LogP contribution in [-0.2, 0) is 6.54 Å². The van der Waals surface area contributed by atoms with Gasteiger partial charge in [-0.1, -0.05) is 30.3 Å². The summed E-state index contributed by atoms with van der Waals surface area (Å²) in [5.74, 6) is -1.47. The molecular formula is C22H22F2N4O. The number of rotatable bonds is 6. The first-order valence-electron chi connectivity index (χ1n) is 9.26. The van der Waals surface area contributed by atoms with Gasteiger partial charge in [0.1, 0.15) is 17.3 Å². The van der Waals surface area contributed by atoms with Crippen LogP contribution >= 0.6 is 0 Å². The highest BCUT2D eigenvalue weighted by Gasteiger charge is 2.18. The van der Waals surface area contributed by atoms with E-state index in [1.54, 1.807) is 13.0 Å². The third-order valence-corrected chi connectivity index (χ3v) is 4.35. The first kappa shape index (κ1) is 20.4. The summed E-state index contributed by atoms with van der Waals surface area (Å²) in [7, 11) is 0. The lowest BCUT2D eigenvalue weighted by molar-refractivity contribution is 0.102. The smallest absolute Gasteiger partial charge is 0.274 e. The molecular weight excluding hydrogens is 374 g/mol. The van der Waals surface area contributed by atoms with Crippen LogP contribution in [0.2, 0.25) is 0 Å². The summed E-state index contributed by atoms with van der Waals surface area (Å²) >= 11 is 0. The molecule has 5 nitrogen and oxygen atoms in total. The van der Waals surface area contributed by atoms with E-state index in [0.717, 1.165) is 17.7 Å². The Bertz CT molecular complexity index is 1010. The highest BCUT2D eigenvalue weighted by molar-refractivity contribution is 6.03. The van der Waals surface area contributed by atoms with Gasteiger partial charge in [0.25, 0.3) is 5.91 Å². The van der Waals surface area contributed by atoms with Crippen molar-refractivity contribution < 1.29 is 13.6 Å². The van der Waals surface area contributed by atoms with E-state index in [0.29, 0.717) is 18.2 Å². The van der Waals surface area contributed by atoms with Gasteiger partial charge in [0.15, 0.2) is 11.6 Å². The molecule has 0 bridgehead atoms. The van der Waals surface area contributed by atoms with Gasteiger partial charge < -0.3 is 10.2 Å². The molecule has 0 radical (unpaired) electrons. The highest BCUT2D eigenvalue weighted by atomic mass is 19.2. The molecule has 0 spiro atoms. The number of anilines is 2. The van der Waals surface area contributed by atoms with E-state index in [2.05, 4.69) is 20.2 Å². The number of benzene rings is 2. The van der Waals surface area contributed by atoms with Crippen molar-refractivity contribution in [2.24, 2.45) is 0 Å². The number of carbonyl (C=O) groups is 1. The van der Waals surface area contributed by atoms with Crippen LogP contribution in [0.5, 0.6) is 0 Å². The number of hydrogen-bond acceptors (Lipinski definition) is 4. The Hall–Kier alpha value is -3.35. The lowest BCUT2D eigenvalue weighted by Crippen LogP contribution is -2.31. The summed E-state index contributed by atoms with van der Waals surface area (Å²) in [5.41, 5.74) is 1.41. The third-order valence-electron chi connectivity index (χ3n) is 4.35. The molecule has 1 aromatic heterocycles. The molecule has 1 N–H and O–H groups in total. The van der Waals surface area contributed by atoms with Gasteiger partial charge in [-0.25, -0.2) is 18.7 Å². The summed E-state index contributed by atoms with van der Waals surface area (Å²) in [6, 6.07) is 14.9. The molecule has 0 aliphatic carbocycles. The van der Waals surface area contributed by atoms with Gasteiger partial charge in [0.2, 0.25) is 0 Å². The molecule has 0 saturated heterocycles. The fourth-order valence-corrected chi connectivity index (χ4v) is 2.89. The van der Waals surface area contributed by atoms with Crippen molar-refractivity contribution in [1.82, 2.24) is 9.97 Å². The summed E-state index contributed by atoms with van der Waals surface area (Å²) in [4.78, 5) is 23.4. The van der Waals surface area contributed by atoms with E-state index in [4.69, 9.17) is 0 Å². The lowest BCUT2D eigenvalue weighted by atomic mass is 10.2. The minimum atomic E-state index is -1.03. The quantitative estimate of drug-likeness (QED) is 0.654. The van der Waals surface area contributed by atoms with Crippen LogP contribution in [0.25, 0.3) is 0 Å². The van der Waals surface area contributed by atoms with E-state index in [9.17, 15) is 13.6 Å². The van der Waals surface area contributed by atoms with Crippen LogP contribution < -0.4 is 10.2 Å². The second-order valence-corrected chi connectivity index (χ2v) is 6.95. The molecule has 0 aliphatic rings. The molecule has 2 aromatic carbocycles. The molecule has 0 aliphatic heterocycles. The van der Waals surface area contributed by atoms with E-state index >= 15 is 0 Å². The molecule has 0 atom stereocenters. The topological polar surface area (TPSA) is 58.1 Å². The molecule has 3 aromatic rings. The molecule has 1 amide bonds. The number of nitrogens with zero attached hydrogens (tertiary/aromatic N) is 3. The molecule has 0 saturated carbocycles. The van der Waals surface area contributed by atoms with Gasteiger partial charge in [-0.3, -0.25) is 4.79 Å². The summed E-state index contributed by atoms with van der Waals surface area (Å²) in [6.07, 6.45) is 0. The SMILES string of the molecule is Cc1nc(C(=O)Nc2ccc(F)c(F)c2)cc(N(Cc2ccccc2)C(C)C)n1. The zero-order valence-corrected chi connectivity index (χ0v) is 16.5. The maximum absolute atomic E-state index is 13.4. The summed E-state index contributed by atoms with van der Waals surface area (Å²) in [6.45, 7) is 6.42. The van der Waals surface area contributed by atoms with Crippen molar-refractivity contribution in [1.29, 1.82) is 0 Å². The third kappa shape index (κ3) is 5.13. The van der Waals surface area contributed by atoms with Crippen LogP contribution in [0.1, 0.15) is 35.7 Å². The van der Waals surface area contributed by atoms with Crippen LogP contribution in [0.15, 0.2) is 54.6 Å². The Labute approximate surface area is 168 Å². The summed E-state index contributed by atoms with van der Waals surface area (Å²) < 4.78 is 26.5. The van der Waals surface area contributed by atoms with Crippen molar-refractivity contribution in [2.75, 3.05) is 10.2 Å². The molecule has 0 unspecified atom stereocenters. The van der Waals surface area contributed by atoms with Crippen LogP contribution in [0.3, 0.4) is 0 Å². The highest BCUT2D eigenvalue weighted by Crippen LogP contribution is 2.20. The Morgan fingerprint density at radius 3 is 2.41 bits per heavy atom. The van der Waals surface area contributed by atoms with Gasteiger partial charge in [0, 0.05) is 30.4 Å². The van der Waals surface area contributed by atoms with Crippen molar-refractivity contribution in [3.63, 3.8) is 0 Å². The normalized spacial score (nSPS) is 10.8. The molecule has 1 heterocycles. The number of amides is 1.